The Morgan fingerprint density at radius 1 is 1.09 bits per heavy atom. The molecule has 2 fully saturated rings. The van der Waals surface area contributed by atoms with E-state index in [0.717, 1.165) is 0 Å². The molecule has 0 aliphatic carbocycles. The Kier molecular flexibility index (Phi) is 5.15. The summed E-state index contributed by atoms with van der Waals surface area (Å²) in [5.74, 6) is -0.872. The van der Waals surface area contributed by atoms with Gasteiger partial charge in [0.1, 0.15) is 11.8 Å². The molecule has 4 unspecified atom stereocenters. The Morgan fingerprint density at radius 3 is 2.23 bits per heavy atom. The van der Waals surface area contributed by atoms with Crippen LogP contribution in [0.5, 0.6) is 0 Å². The lowest BCUT2D eigenvalue weighted by molar-refractivity contribution is -0.141. The number of aliphatic hydroxyl groups excluding tert-OH is 2. The van der Waals surface area contributed by atoms with Gasteiger partial charge in [0.25, 0.3) is 0 Å². The first-order valence-electron chi connectivity index (χ1n) is 7.43. The molecule has 3 N–H and O–H groups in total. The van der Waals surface area contributed by atoms with Crippen molar-refractivity contribution in [3.8, 4) is 0 Å². The molecular formula is C14H23N3O5. The molecule has 4 atom stereocenters. The van der Waals surface area contributed by atoms with E-state index in [1.807, 2.05) is 0 Å². The van der Waals surface area contributed by atoms with Gasteiger partial charge in [-0.05, 0) is 20.4 Å². The Morgan fingerprint density at radius 2 is 1.68 bits per heavy atom. The zero-order valence-electron chi connectivity index (χ0n) is 12.9. The number of Topliss-reactive ketones (excluding diaryl/α,β-unsaturated/α-hetero) is 1. The molecule has 2 aliphatic heterocycles. The maximum atomic E-state index is 12.6. The van der Waals surface area contributed by atoms with Crippen LogP contribution in [0.15, 0.2) is 0 Å². The third-order valence-corrected chi connectivity index (χ3v) is 4.19. The van der Waals surface area contributed by atoms with Crippen molar-refractivity contribution >= 4 is 17.6 Å². The second-order valence-electron chi connectivity index (χ2n) is 6.16. The molecule has 2 heterocycles. The monoisotopic (exact) mass is 313 g/mol. The zero-order valence-corrected chi connectivity index (χ0v) is 12.9. The van der Waals surface area contributed by atoms with E-state index in [-0.39, 0.29) is 31.2 Å². The Hall–Kier alpha value is -1.51. The minimum absolute atomic E-state index is 0.0878. The van der Waals surface area contributed by atoms with E-state index in [0.29, 0.717) is 13.0 Å². The number of carbonyl (C=O) groups excluding carboxylic acids is 3. The van der Waals surface area contributed by atoms with E-state index >= 15 is 0 Å². The van der Waals surface area contributed by atoms with E-state index in [2.05, 4.69) is 5.32 Å². The molecule has 0 bridgehead atoms. The Balaban J connectivity index is 2.05. The van der Waals surface area contributed by atoms with Gasteiger partial charge in [0.2, 0.25) is 11.8 Å². The van der Waals surface area contributed by atoms with Gasteiger partial charge in [-0.25, -0.2) is 0 Å². The molecule has 2 aliphatic rings. The van der Waals surface area contributed by atoms with Gasteiger partial charge in [-0.3, -0.25) is 19.3 Å². The van der Waals surface area contributed by atoms with Crippen molar-refractivity contribution in [2.24, 2.45) is 0 Å². The number of likely N-dealkylation sites (tertiary alicyclic amines) is 2. The Labute approximate surface area is 129 Å². The minimum atomic E-state index is -0.770. The SMILES string of the molecule is CC(=O)CNC(=O)C1CC(O)CN1C(=O)C1CC(O)CN1C. The normalized spacial score (nSPS) is 32.3. The number of hydrogen-bond donors (Lipinski definition) is 3. The number of nitrogens with one attached hydrogen (secondary N) is 1. The highest BCUT2D eigenvalue weighted by Crippen LogP contribution is 2.24. The summed E-state index contributed by atoms with van der Waals surface area (Å²) in [6, 6.07) is -1.25. The lowest BCUT2D eigenvalue weighted by Crippen LogP contribution is -2.51. The fourth-order valence-corrected chi connectivity index (χ4v) is 3.09. The smallest absolute Gasteiger partial charge is 0.243 e. The van der Waals surface area contributed by atoms with Crippen molar-refractivity contribution in [1.82, 2.24) is 15.1 Å². The fraction of sp³-hybridized carbons (Fsp3) is 0.786. The summed E-state index contributed by atoms with van der Waals surface area (Å²) in [6.07, 6.45) is -0.830. The van der Waals surface area contributed by atoms with Crippen LogP contribution in [0.3, 0.4) is 0 Å². The van der Waals surface area contributed by atoms with Crippen LogP contribution in [0.4, 0.5) is 0 Å². The predicted octanol–water partition coefficient (Wildman–Crippen LogP) is -2.28. The van der Waals surface area contributed by atoms with Crippen LogP contribution < -0.4 is 5.32 Å². The van der Waals surface area contributed by atoms with Crippen LogP contribution in [-0.2, 0) is 14.4 Å². The zero-order chi connectivity index (χ0) is 16.4. The van der Waals surface area contributed by atoms with E-state index < -0.39 is 30.2 Å². The number of amides is 2. The average Bonchev–Trinajstić information content (AvgIpc) is 2.98. The molecule has 124 valence electrons. The Bertz CT molecular complexity index is 469. The first-order valence-corrected chi connectivity index (χ1v) is 7.43. The second-order valence-corrected chi connectivity index (χ2v) is 6.16. The van der Waals surface area contributed by atoms with E-state index in [1.165, 1.54) is 11.8 Å². The number of aliphatic hydroxyl groups is 2. The highest BCUT2D eigenvalue weighted by atomic mass is 16.3. The van der Waals surface area contributed by atoms with Crippen LogP contribution in [-0.4, -0.2) is 88.6 Å². The number of likely N-dealkylation sites (N-methyl/N-ethyl adjacent to an activating group) is 1. The summed E-state index contributed by atoms with van der Waals surface area (Å²) in [5.41, 5.74) is 0. The van der Waals surface area contributed by atoms with Gasteiger partial charge < -0.3 is 20.4 Å². The summed E-state index contributed by atoms with van der Waals surface area (Å²) in [4.78, 5) is 38.8. The fourth-order valence-electron chi connectivity index (χ4n) is 3.09. The first-order chi connectivity index (χ1) is 10.3. The molecule has 0 spiro atoms. The lowest BCUT2D eigenvalue weighted by Gasteiger charge is -2.28. The van der Waals surface area contributed by atoms with Crippen LogP contribution in [0.1, 0.15) is 19.8 Å². The number of nitrogens with zero attached hydrogens (tertiary/aromatic N) is 2. The van der Waals surface area contributed by atoms with Gasteiger partial charge in [0, 0.05) is 19.5 Å². The van der Waals surface area contributed by atoms with Crippen molar-refractivity contribution in [1.29, 1.82) is 0 Å². The van der Waals surface area contributed by atoms with Crippen LogP contribution in [0, 0.1) is 0 Å². The van der Waals surface area contributed by atoms with Gasteiger partial charge in [-0.1, -0.05) is 0 Å². The maximum absolute atomic E-state index is 12.6. The highest BCUT2D eigenvalue weighted by Gasteiger charge is 2.44. The quantitative estimate of drug-likeness (QED) is 0.539. The molecule has 8 heteroatoms. The third-order valence-electron chi connectivity index (χ3n) is 4.19. The van der Waals surface area contributed by atoms with Gasteiger partial charge in [-0.2, -0.15) is 0 Å². The average molecular weight is 313 g/mol. The molecule has 0 aromatic carbocycles. The van der Waals surface area contributed by atoms with Crippen molar-refractivity contribution in [3.05, 3.63) is 0 Å². The van der Waals surface area contributed by atoms with Crippen molar-refractivity contribution in [2.45, 2.75) is 44.1 Å². The third kappa shape index (κ3) is 3.63. The summed E-state index contributed by atoms with van der Waals surface area (Å²) < 4.78 is 0. The molecule has 0 aromatic heterocycles. The molecule has 2 saturated heterocycles. The minimum Gasteiger partial charge on any atom is -0.392 e. The van der Waals surface area contributed by atoms with Gasteiger partial charge in [0.15, 0.2) is 0 Å². The lowest BCUT2D eigenvalue weighted by atomic mass is 10.1. The van der Waals surface area contributed by atoms with Crippen LogP contribution in [0.25, 0.3) is 0 Å². The summed E-state index contributed by atoms with van der Waals surface area (Å²) in [6.45, 7) is 1.78. The van der Waals surface area contributed by atoms with E-state index in [1.54, 1.807) is 11.9 Å². The molecule has 0 aromatic rings. The second kappa shape index (κ2) is 6.72. The van der Waals surface area contributed by atoms with Gasteiger partial charge in [-0.15, -0.1) is 0 Å². The van der Waals surface area contributed by atoms with Crippen molar-refractivity contribution < 1.29 is 24.6 Å². The standard InChI is InChI=1S/C14H23N3O5/c1-8(18)5-15-13(21)11-3-10(20)7-17(11)14(22)12-4-9(19)6-16(12)2/h9-12,19-20H,3-7H2,1-2H3,(H,15,21). The van der Waals surface area contributed by atoms with Crippen LogP contribution in [0.2, 0.25) is 0 Å². The highest BCUT2D eigenvalue weighted by molar-refractivity contribution is 5.92. The number of rotatable bonds is 4. The molecule has 2 rings (SSSR count). The molecule has 0 radical (unpaired) electrons. The number of ketones is 1. The van der Waals surface area contributed by atoms with Gasteiger partial charge in [0.05, 0.1) is 24.8 Å². The molecule has 2 amide bonds. The topological polar surface area (TPSA) is 110 Å². The van der Waals surface area contributed by atoms with E-state index in [4.69, 9.17) is 0 Å². The van der Waals surface area contributed by atoms with Crippen molar-refractivity contribution in [2.75, 3.05) is 26.7 Å². The van der Waals surface area contributed by atoms with Gasteiger partial charge >= 0.3 is 0 Å². The number of carbonyl (C=O) groups is 3. The van der Waals surface area contributed by atoms with E-state index in [9.17, 15) is 24.6 Å². The van der Waals surface area contributed by atoms with Crippen molar-refractivity contribution in [3.63, 3.8) is 0 Å². The molecule has 22 heavy (non-hydrogen) atoms. The first kappa shape index (κ1) is 16.9. The number of β-amino-alcohol motifs (C(OH)–C–C–N with tert-alkyl or cyclic N) is 2. The number of hydrogen-bond acceptors (Lipinski definition) is 6. The maximum Gasteiger partial charge on any atom is 0.243 e. The molecular weight excluding hydrogens is 290 g/mol. The summed E-state index contributed by atoms with van der Waals surface area (Å²) in [7, 11) is 1.75. The predicted molar refractivity (Wildman–Crippen MR) is 76.9 cm³/mol. The molecule has 8 nitrogen and oxygen atoms in total. The largest absolute Gasteiger partial charge is 0.392 e. The van der Waals surface area contributed by atoms with Crippen LogP contribution >= 0.6 is 0 Å². The summed E-state index contributed by atoms with van der Waals surface area (Å²) >= 11 is 0. The molecule has 0 saturated carbocycles. The summed E-state index contributed by atoms with van der Waals surface area (Å²) in [5, 5.41) is 21.9.